The molecule has 1 N–H and O–H groups in total. The Morgan fingerprint density at radius 1 is 1.60 bits per heavy atom. The minimum absolute atomic E-state index is 0.323. The van der Waals surface area contributed by atoms with Crippen LogP contribution in [0.1, 0.15) is 50.1 Å². The average molecular weight is 208 g/mol. The molecule has 84 valence electrons. The van der Waals surface area contributed by atoms with Gasteiger partial charge in [0.1, 0.15) is 0 Å². The van der Waals surface area contributed by atoms with Crippen LogP contribution in [0.15, 0.2) is 6.07 Å². The fourth-order valence-electron chi connectivity index (χ4n) is 2.25. The summed E-state index contributed by atoms with van der Waals surface area (Å²) in [5.74, 6) is 0.737. The van der Waals surface area contributed by atoms with Crippen molar-refractivity contribution < 1.29 is 5.11 Å². The van der Waals surface area contributed by atoms with Crippen molar-refractivity contribution in [1.82, 2.24) is 9.78 Å². The zero-order valence-corrected chi connectivity index (χ0v) is 9.61. The molecule has 1 fully saturated rings. The normalized spacial score (nSPS) is 18.9. The van der Waals surface area contributed by atoms with Crippen LogP contribution in [0.25, 0.3) is 0 Å². The van der Waals surface area contributed by atoms with Gasteiger partial charge in [0.15, 0.2) is 0 Å². The Morgan fingerprint density at radius 2 is 2.33 bits per heavy atom. The maximum atomic E-state index is 10.1. The molecule has 2 rings (SSSR count). The molecule has 0 saturated heterocycles. The van der Waals surface area contributed by atoms with Crippen molar-refractivity contribution in [2.45, 2.75) is 52.2 Å². The summed E-state index contributed by atoms with van der Waals surface area (Å²) in [4.78, 5) is 0. The zero-order chi connectivity index (χ0) is 10.8. The van der Waals surface area contributed by atoms with Gasteiger partial charge in [0.2, 0.25) is 0 Å². The number of aliphatic hydroxyl groups excluding tert-OH is 1. The van der Waals surface area contributed by atoms with E-state index in [1.807, 2.05) is 17.7 Å². The standard InChI is InChI=1S/C12H20N2O/c1-3-14-11(7-9(2)13-14)12(15)8-10-5-4-6-10/h7,10,12,15H,3-6,8H2,1-2H3. The van der Waals surface area contributed by atoms with Crippen LogP contribution >= 0.6 is 0 Å². The first-order valence-electron chi connectivity index (χ1n) is 5.93. The second kappa shape index (κ2) is 4.35. The van der Waals surface area contributed by atoms with E-state index in [1.54, 1.807) is 0 Å². The number of hydrogen-bond donors (Lipinski definition) is 1. The third-order valence-electron chi connectivity index (χ3n) is 3.36. The molecule has 0 spiro atoms. The molecule has 1 saturated carbocycles. The van der Waals surface area contributed by atoms with E-state index in [1.165, 1.54) is 19.3 Å². The molecule has 0 aromatic carbocycles. The lowest BCUT2D eigenvalue weighted by Gasteiger charge is -2.27. The van der Waals surface area contributed by atoms with Crippen molar-refractivity contribution in [3.63, 3.8) is 0 Å². The maximum absolute atomic E-state index is 10.1. The smallest absolute Gasteiger partial charge is 0.0959 e. The van der Waals surface area contributed by atoms with Crippen molar-refractivity contribution in [1.29, 1.82) is 0 Å². The van der Waals surface area contributed by atoms with E-state index in [2.05, 4.69) is 12.0 Å². The first-order valence-corrected chi connectivity index (χ1v) is 5.93. The van der Waals surface area contributed by atoms with Gasteiger partial charge in [-0.15, -0.1) is 0 Å². The van der Waals surface area contributed by atoms with Gasteiger partial charge in [0.05, 0.1) is 17.5 Å². The van der Waals surface area contributed by atoms with Crippen LogP contribution < -0.4 is 0 Å². The molecule has 3 heteroatoms. The van der Waals surface area contributed by atoms with Gasteiger partial charge in [0, 0.05) is 6.54 Å². The summed E-state index contributed by atoms with van der Waals surface area (Å²) in [5, 5.41) is 14.5. The minimum atomic E-state index is -0.323. The monoisotopic (exact) mass is 208 g/mol. The summed E-state index contributed by atoms with van der Waals surface area (Å²) < 4.78 is 1.92. The molecule has 1 aliphatic rings. The number of aryl methyl sites for hydroxylation is 2. The van der Waals surface area contributed by atoms with Crippen molar-refractivity contribution in [2.24, 2.45) is 5.92 Å². The van der Waals surface area contributed by atoms with E-state index in [-0.39, 0.29) is 6.10 Å². The zero-order valence-electron chi connectivity index (χ0n) is 9.61. The lowest BCUT2D eigenvalue weighted by Crippen LogP contribution is -2.17. The summed E-state index contributed by atoms with van der Waals surface area (Å²) in [7, 11) is 0. The predicted octanol–water partition coefficient (Wildman–Crippen LogP) is 2.44. The highest BCUT2D eigenvalue weighted by Crippen LogP contribution is 2.34. The van der Waals surface area contributed by atoms with Crippen LogP contribution in [-0.2, 0) is 6.54 Å². The second-order valence-electron chi connectivity index (χ2n) is 4.57. The third kappa shape index (κ3) is 2.23. The van der Waals surface area contributed by atoms with Gasteiger partial charge in [-0.2, -0.15) is 5.10 Å². The van der Waals surface area contributed by atoms with Gasteiger partial charge in [-0.3, -0.25) is 4.68 Å². The largest absolute Gasteiger partial charge is 0.387 e. The van der Waals surface area contributed by atoms with Crippen molar-refractivity contribution in [3.8, 4) is 0 Å². The molecular formula is C12H20N2O. The molecule has 0 amide bonds. The van der Waals surface area contributed by atoms with Crippen LogP contribution in [0, 0.1) is 12.8 Å². The fraction of sp³-hybridized carbons (Fsp3) is 0.750. The summed E-state index contributed by atoms with van der Waals surface area (Å²) in [6.45, 7) is 4.88. The van der Waals surface area contributed by atoms with Gasteiger partial charge < -0.3 is 5.11 Å². The Bertz CT molecular complexity index is 328. The highest BCUT2D eigenvalue weighted by Gasteiger charge is 2.23. The number of hydrogen-bond acceptors (Lipinski definition) is 2. The Morgan fingerprint density at radius 3 is 2.87 bits per heavy atom. The van der Waals surface area contributed by atoms with Gasteiger partial charge in [0.25, 0.3) is 0 Å². The molecule has 1 aromatic rings. The van der Waals surface area contributed by atoms with E-state index >= 15 is 0 Å². The van der Waals surface area contributed by atoms with Gasteiger partial charge in [-0.1, -0.05) is 19.3 Å². The van der Waals surface area contributed by atoms with Gasteiger partial charge >= 0.3 is 0 Å². The Kier molecular flexibility index (Phi) is 3.10. The van der Waals surface area contributed by atoms with E-state index in [0.717, 1.165) is 30.3 Å². The van der Waals surface area contributed by atoms with E-state index in [0.29, 0.717) is 0 Å². The van der Waals surface area contributed by atoms with E-state index in [4.69, 9.17) is 0 Å². The topological polar surface area (TPSA) is 38.0 Å². The number of aliphatic hydroxyl groups is 1. The number of aromatic nitrogens is 2. The van der Waals surface area contributed by atoms with Crippen LogP contribution in [0.4, 0.5) is 0 Å². The molecule has 1 heterocycles. The molecule has 0 aliphatic heterocycles. The quantitative estimate of drug-likeness (QED) is 0.825. The molecular weight excluding hydrogens is 188 g/mol. The first-order chi connectivity index (χ1) is 7.20. The summed E-state index contributed by atoms with van der Waals surface area (Å²) in [6, 6.07) is 2.01. The van der Waals surface area contributed by atoms with Crippen molar-refractivity contribution >= 4 is 0 Å². The summed E-state index contributed by atoms with van der Waals surface area (Å²) in [5.41, 5.74) is 1.99. The van der Waals surface area contributed by atoms with Crippen LogP contribution in [0.2, 0.25) is 0 Å². The van der Waals surface area contributed by atoms with Gasteiger partial charge in [-0.25, -0.2) is 0 Å². The lowest BCUT2D eigenvalue weighted by atomic mass is 9.81. The Balaban J connectivity index is 2.05. The lowest BCUT2D eigenvalue weighted by molar-refractivity contribution is 0.110. The molecule has 1 aliphatic carbocycles. The van der Waals surface area contributed by atoms with Crippen molar-refractivity contribution in [2.75, 3.05) is 0 Å². The molecule has 1 aromatic heterocycles. The molecule has 1 atom stereocenters. The molecule has 3 nitrogen and oxygen atoms in total. The van der Waals surface area contributed by atoms with Crippen molar-refractivity contribution in [3.05, 3.63) is 17.5 Å². The molecule has 0 bridgehead atoms. The highest BCUT2D eigenvalue weighted by molar-refractivity contribution is 5.12. The van der Waals surface area contributed by atoms with Crippen LogP contribution in [0.5, 0.6) is 0 Å². The van der Waals surface area contributed by atoms with E-state index < -0.39 is 0 Å². The Labute approximate surface area is 91.1 Å². The first kappa shape index (κ1) is 10.7. The molecule has 0 radical (unpaired) electrons. The number of rotatable bonds is 4. The maximum Gasteiger partial charge on any atom is 0.0959 e. The van der Waals surface area contributed by atoms with Crippen LogP contribution in [-0.4, -0.2) is 14.9 Å². The SMILES string of the molecule is CCn1nc(C)cc1C(O)CC1CCC1. The highest BCUT2D eigenvalue weighted by atomic mass is 16.3. The Hall–Kier alpha value is -0.830. The fourth-order valence-corrected chi connectivity index (χ4v) is 2.25. The minimum Gasteiger partial charge on any atom is -0.387 e. The predicted molar refractivity (Wildman–Crippen MR) is 59.6 cm³/mol. The summed E-state index contributed by atoms with van der Waals surface area (Å²) >= 11 is 0. The third-order valence-corrected chi connectivity index (χ3v) is 3.36. The van der Waals surface area contributed by atoms with E-state index in [9.17, 15) is 5.11 Å². The number of nitrogens with zero attached hydrogens (tertiary/aromatic N) is 2. The molecule has 15 heavy (non-hydrogen) atoms. The average Bonchev–Trinajstić information content (AvgIpc) is 2.53. The molecule has 1 unspecified atom stereocenters. The summed E-state index contributed by atoms with van der Waals surface area (Å²) in [6.07, 6.45) is 4.50. The van der Waals surface area contributed by atoms with Gasteiger partial charge in [-0.05, 0) is 32.3 Å². The van der Waals surface area contributed by atoms with Crippen LogP contribution in [0.3, 0.4) is 0 Å². The second-order valence-corrected chi connectivity index (χ2v) is 4.57.